The van der Waals surface area contributed by atoms with Gasteiger partial charge >= 0.3 is 0 Å². The first kappa shape index (κ1) is 35.5. The van der Waals surface area contributed by atoms with Gasteiger partial charge in [-0.25, -0.2) is 0 Å². The number of hydrogen-bond donors (Lipinski definition) is 0. The van der Waals surface area contributed by atoms with Crippen molar-refractivity contribution in [3.63, 3.8) is 0 Å². The van der Waals surface area contributed by atoms with E-state index in [-0.39, 0.29) is 17.0 Å². The Morgan fingerprint density at radius 2 is 1.10 bits per heavy atom. The molecule has 1 fully saturated rings. The van der Waals surface area contributed by atoms with Crippen molar-refractivity contribution in [2.24, 2.45) is 5.92 Å². The fraction of sp³-hybridized carbons (Fsp3) is 0.319. The summed E-state index contributed by atoms with van der Waals surface area (Å²) in [5.41, 5.74) is 7.18. The van der Waals surface area contributed by atoms with Crippen molar-refractivity contribution in [2.75, 3.05) is 0 Å². The summed E-state index contributed by atoms with van der Waals surface area (Å²) in [5, 5.41) is 0. The molecule has 0 aromatic heterocycles. The lowest BCUT2D eigenvalue weighted by atomic mass is 9.77. The van der Waals surface area contributed by atoms with Crippen LogP contribution in [0.5, 0.6) is 0 Å². The van der Waals surface area contributed by atoms with E-state index in [0.29, 0.717) is 28.2 Å². The number of rotatable bonds is 10. The zero-order chi connectivity index (χ0) is 35.5. The van der Waals surface area contributed by atoms with E-state index < -0.39 is 0 Å². The highest BCUT2D eigenvalue weighted by atomic mass is 32.2. The standard InChI is InChI=1S/C47H48O2S2/c1-5-6-7-10-31-15-17-32(18-16-31)33-19-21-34(22-20-33)35-23-27-37(28-24-35)50-41-13-8-11-39-43(41)46(49)44-40(45(39)48)12-9-14-42(44)51-38-29-25-36(26-30-38)47(2,3)4/h8-9,11-14,19-32H,5-7,10,15-18H2,1-4H3. The predicted molar refractivity (Wildman–Crippen MR) is 214 cm³/mol. The van der Waals surface area contributed by atoms with Crippen molar-refractivity contribution in [1.82, 2.24) is 0 Å². The fourth-order valence-corrected chi connectivity index (χ4v) is 9.71. The third-order valence-corrected chi connectivity index (χ3v) is 12.9. The Morgan fingerprint density at radius 3 is 1.61 bits per heavy atom. The number of fused-ring (bicyclic) bond motifs is 2. The summed E-state index contributed by atoms with van der Waals surface area (Å²) in [4.78, 5) is 31.9. The van der Waals surface area contributed by atoms with Gasteiger partial charge in [-0.2, -0.15) is 0 Å². The molecule has 1 saturated carbocycles. The third-order valence-electron chi connectivity index (χ3n) is 10.8. The second kappa shape index (κ2) is 15.4. The number of unbranched alkanes of at least 4 members (excludes halogenated alkanes) is 2. The lowest BCUT2D eigenvalue weighted by Crippen LogP contribution is -2.22. The van der Waals surface area contributed by atoms with Gasteiger partial charge in [0.05, 0.1) is 0 Å². The van der Waals surface area contributed by atoms with E-state index in [9.17, 15) is 9.59 Å². The Labute approximate surface area is 312 Å². The molecule has 0 aliphatic heterocycles. The highest BCUT2D eigenvalue weighted by Crippen LogP contribution is 2.42. The largest absolute Gasteiger partial charge is 0.289 e. The molecule has 51 heavy (non-hydrogen) atoms. The average Bonchev–Trinajstić information content (AvgIpc) is 3.14. The zero-order valence-corrected chi connectivity index (χ0v) is 32.0. The van der Waals surface area contributed by atoms with Crippen LogP contribution in [0, 0.1) is 5.92 Å². The molecule has 0 bridgehead atoms. The van der Waals surface area contributed by atoms with Crippen LogP contribution in [0.2, 0.25) is 0 Å². The average molecular weight is 709 g/mol. The lowest BCUT2D eigenvalue weighted by Gasteiger charge is -2.29. The van der Waals surface area contributed by atoms with Crippen molar-refractivity contribution in [2.45, 2.75) is 110 Å². The fourth-order valence-electron chi connectivity index (χ4n) is 7.76. The van der Waals surface area contributed by atoms with Crippen LogP contribution in [-0.4, -0.2) is 11.6 Å². The summed E-state index contributed by atoms with van der Waals surface area (Å²) in [6.07, 6.45) is 10.9. The number of benzene rings is 5. The van der Waals surface area contributed by atoms with Crippen LogP contribution < -0.4 is 0 Å². The molecule has 0 N–H and O–H groups in total. The van der Waals surface area contributed by atoms with E-state index in [4.69, 9.17) is 0 Å². The van der Waals surface area contributed by atoms with Gasteiger partial charge in [-0.05, 0) is 102 Å². The summed E-state index contributed by atoms with van der Waals surface area (Å²) in [5.74, 6) is 1.44. The molecule has 0 heterocycles. The Hall–Kier alpha value is -3.86. The minimum atomic E-state index is -0.0913. The van der Waals surface area contributed by atoms with Crippen LogP contribution >= 0.6 is 23.5 Å². The second-order valence-electron chi connectivity index (χ2n) is 15.4. The summed E-state index contributed by atoms with van der Waals surface area (Å²) in [7, 11) is 0. The van der Waals surface area contributed by atoms with Gasteiger partial charge in [-0.3, -0.25) is 9.59 Å². The van der Waals surface area contributed by atoms with Gasteiger partial charge in [0.1, 0.15) is 0 Å². The van der Waals surface area contributed by atoms with Crippen LogP contribution in [0.25, 0.3) is 11.1 Å². The van der Waals surface area contributed by atoms with Crippen molar-refractivity contribution < 1.29 is 9.59 Å². The molecule has 2 nitrogen and oxygen atoms in total. The SMILES string of the molecule is CCCCCC1CCC(c2ccc(-c3ccc(Sc4cccc5c4C(=O)c4c(Sc6ccc(C(C)(C)C)cc6)cccc4C5=O)cc3)cc2)CC1. The van der Waals surface area contributed by atoms with Gasteiger partial charge in [0.25, 0.3) is 0 Å². The Kier molecular flexibility index (Phi) is 10.7. The van der Waals surface area contributed by atoms with E-state index in [0.717, 1.165) is 25.5 Å². The Balaban J connectivity index is 1.06. The van der Waals surface area contributed by atoms with Crippen LogP contribution in [0.15, 0.2) is 129 Å². The van der Waals surface area contributed by atoms with E-state index in [2.05, 4.69) is 100 Å². The summed E-state index contributed by atoms with van der Waals surface area (Å²) in [6.45, 7) is 8.90. The first-order valence-corrected chi connectivity index (χ1v) is 20.3. The lowest BCUT2D eigenvalue weighted by molar-refractivity contribution is 0.0974. The van der Waals surface area contributed by atoms with E-state index in [1.807, 2.05) is 24.3 Å². The first-order chi connectivity index (χ1) is 24.7. The molecule has 4 heteroatoms. The van der Waals surface area contributed by atoms with Crippen LogP contribution in [-0.2, 0) is 5.41 Å². The molecule has 2 aliphatic rings. The van der Waals surface area contributed by atoms with Crippen molar-refractivity contribution in [3.05, 3.63) is 143 Å². The highest BCUT2D eigenvalue weighted by Gasteiger charge is 2.34. The second-order valence-corrected chi connectivity index (χ2v) is 17.6. The normalized spacial score (nSPS) is 17.3. The van der Waals surface area contributed by atoms with E-state index in [1.54, 1.807) is 35.7 Å². The molecule has 260 valence electrons. The third kappa shape index (κ3) is 7.83. The van der Waals surface area contributed by atoms with Crippen LogP contribution in [0.1, 0.15) is 128 Å². The highest BCUT2D eigenvalue weighted by molar-refractivity contribution is 7.99. The quantitative estimate of drug-likeness (QED) is 0.133. The predicted octanol–water partition coefficient (Wildman–Crippen LogP) is 13.6. The summed E-state index contributed by atoms with van der Waals surface area (Å²) >= 11 is 3.09. The first-order valence-electron chi connectivity index (χ1n) is 18.7. The number of ketones is 2. The molecule has 0 radical (unpaired) electrons. The molecule has 5 aromatic rings. The summed E-state index contributed by atoms with van der Waals surface area (Å²) < 4.78 is 0. The smallest absolute Gasteiger partial charge is 0.196 e. The number of carbonyl (C=O) groups excluding carboxylic acids is 2. The van der Waals surface area contributed by atoms with Gasteiger partial charge < -0.3 is 0 Å². The molecule has 2 aliphatic carbocycles. The maximum atomic E-state index is 14.3. The zero-order valence-electron chi connectivity index (χ0n) is 30.3. The van der Waals surface area contributed by atoms with Gasteiger partial charge in [-0.1, -0.05) is 150 Å². The molecular formula is C47H48O2S2. The van der Waals surface area contributed by atoms with Crippen molar-refractivity contribution in [1.29, 1.82) is 0 Å². The van der Waals surface area contributed by atoms with E-state index >= 15 is 0 Å². The van der Waals surface area contributed by atoms with E-state index in [1.165, 1.54) is 73.6 Å². The van der Waals surface area contributed by atoms with Crippen molar-refractivity contribution >= 4 is 35.1 Å². The minimum absolute atomic E-state index is 0.0628. The molecule has 0 unspecified atom stereocenters. The summed E-state index contributed by atoms with van der Waals surface area (Å²) in [6, 6.07) is 37.6. The Bertz CT molecular complexity index is 2010. The van der Waals surface area contributed by atoms with Crippen LogP contribution in [0.3, 0.4) is 0 Å². The molecule has 0 spiro atoms. The number of carbonyl (C=O) groups is 2. The van der Waals surface area contributed by atoms with Gasteiger partial charge in [0.15, 0.2) is 11.6 Å². The van der Waals surface area contributed by atoms with Crippen molar-refractivity contribution in [3.8, 4) is 11.1 Å². The molecule has 0 atom stereocenters. The monoisotopic (exact) mass is 708 g/mol. The maximum Gasteiger partial charge on any atom is 0.196 e. The maximum absolute atomic E-state index is 14.3. The van der Waals surface area contributed by atoms with Crippen LogP contribution in [0.4, 0.5) is 0 Å². The molecule has 0 saturated heterocycles. The molecule has 5 aromatic carbocycles. The number of hydrogen-bond acceptors (Lipinski definition) is 4. The van der Waals surface area contributed by atoms with Gasteiger partial charge in [-0.15, -0.1) is 0 Å². The molecule has 0 amide bonds. The Morgan fingerprint density at radius 1 is 0.588 bits per heavy atom. The topological polar surface area (TPSA) is 34.1 Å². The van der Waals surface area contributed by atoms with Gasteiger partial charge in [0, 0.05) is 41.8 Å². The molecule has 7 rings (SSSR count). The van der Waals surface area contributed by atoms with Gasteiger partial charge in [0.2, 0.25) is 0 Å². The molecular weight excluding hydrogens is 661 g/mol. The minimum Gasteiger partial charge on any atom is -0.289 e.